The molecule has 0 radical (unpaired) electrons. The molecular formula is C16H24O7. The van der Waals surface area contributed by atoms with Crippen LogP contribution < -0.4 is 0 Å². The first-order valence-electron chi connectivity index (χ1n) is 7.90. The van der Waals surface area contributed by atoms with Gasteiger partial charge in [-0.3, -0.25) is 4.79 Å². The average Bonchev–Trinajstić information content (AvgIpc) is 2.94. The maximum atomic E-state index is 12.4. The highest BCUT2D eigenvalue weighted by Gasteiger charge is 2.57. The van der Waals surface area contributed by atoms with Gasteiger partial charge in [-0.05, 0) is 25.2 Å². The second-order valence-electron chi connectivity index (χ2n) is 7.28. The van der Waals surface area contributed by atoms with Crippen LogP contribution in [0.25, 0.3) is 0 Å². The highest BCUT2D eigenvalue weighted by molar-refractivity contribution is 5.83. The van der Waals surface area contributed by atoms with Crippen molar-refractivity contribution in [2.75, 3.05) is 0 Å². The van der Waals surface area contributed by atoms with Crippen molar-refractivity contribution in [3.63, 3.8) is 0 Å². The van der Waals surface area contributed by atoms with Gasteiger partial charge in [0.1, 0.15) is 6.10 Å². The van der Waals surface area contributed by atoms with Gasteiger partial charge in [0.05, 0.1) is 5.92 Å². The zero-order chi connectivity index (χ0) is 17.4. The Kier molecular flexibility index (Phi) is 4.87. The van der Waals surface area contributed by atoms with E-state index in [1.165, 1.54) is 0 Å². The molecule has 2 fully saturated rings. The van der Waals surface area contributed by atoms with Gasteiger partial charge >= 0.3 is 18.1 Å². The third-order valence-electron chi connectivity index (χ3n) is 4.01. The van der Waals surface area contributed by atoms with Crippen molar-refractivity contribution in [2.24, 2.45) is 11.3 Å². The van der Waals surface area contributed by atoms with Crippen molar-refractivity contribution in [2.45, 2.75) is 71.9 Å². The lowest BCUT2D eigenvalue weighted by molar-refractivity contribution is -0.168. The molecule has 130 valence electrons. The van der Waals surface area contributed by atoms with Crippen molar-refractivity contribution in [3.8, 4) is 0 Å². The highest BCUT2D eigenvalue weighted by Crippen LogP contribution is 2.32. The summed E-state index contributed by atoms with van der Waals surface area (Å²) in [6.45, 7) is 9.73. The first kappa shape index (κ1) is 17.6. The molecule has 0 aromatic rings. The highest BCUT2D eigenvalue weighted by atomic mass is 16.8. The lowest BCUT2D eigenvalue weighted by Crippen LogP contribution is -2.40. The number of carbonyl (C=O) groups is 3. The standard InChI is InChI=1S/C16H24O7/c1-6-9(7-16(3,4)5)13(17)20-8(2)10-11-12(14(18)21-10)23-15(19)22-11/h8-12H,6-7H2,1-5H3. The van der Waals surface area contributed by atoms with Crippen molar-refractivity contribution < 1.29 is 33.3 Å². The van der Waals surface area contributed by atoms with Gasteiger partial charge in [-0.1, -0.05) is 27.7 Å². The Labute approximate surface area is 135 Å². The van der Waals surface area contributed by atoms with Gasteiger partial charge in [0.25, 0.3) is 0 Å². The summed E-state index contributed by atoms with van der Waals surface area (Å²) in [6, 6.07) is 0. The van der Waals surface area contributed by atoms with E-state index >= 15 is 0 Å². The summed E-state index contributed by atoms with van der Waals surface area (Å²) in [4.78, 5) is 35.2. The SMILES string of the molecule is CCC(CC(C)(C)C)C(=O)OC(C)C1OC(=O)C2OC(=O)OC21. The molecular weight excluding hydrogens is 304 g/mol. The molecule has 2 heterocycles. The van der Waals surface area contributed by atoms with E-state index in [1.54, 1.807) is 6.92 Å². The zero-order valence-electron chi connectivity index (χ0n) is 14.2. The van der Waals surface area contributed by atoms with Crippen LogP contribution in [0.2, 0.25) is 0 Å². The summed E-state index contributed by atoms with van der Waals surface area (Å²) >= 11 is 0. The van der Waals surface area contributed by atoms with Crippen LogP contribution in [0.5, 0.6) is 0 Å². The molecule has 23 heavy (non-hydrogen) atoms. The number of rotatable bonds is 5. The van der Waals surface area contributed by atoms with Gasteiger partial charge in [-0.25, -0.2) is 9.59 Å². The number of fused-ring (bicyclic) bond motifs is 1. The predicted molar refractivity (Wildman–Crippen MR) is 78.4 cm³/mol. The van der Waals surface area contributed by atoms with Gasteiger partial charge in [-0.2, -0.15) is 0 Å². The third-order valence-corrected chi connectivity index (χ3v) is 4.01. The van der Waals surface area contributed by atoms with Gasteiger partial charge in [0.15, 0.2) is 12.2 Å². The number of carbonyl (C=O) groups excluding carboxylic acids is 3. The topological polar surface area (TPSA) is 88.1 Å². The third kappa shape index (κ3) is 3.95. The monoisotopic (exact) mass is 328 g/mol. The average molecular weight is 328 g/mol. The van der Waals surface area contributed by atoms with E-state index in [9.17, 15) is 14.4 Å². The summed E-state index contributed by atoms with van der Waals surface area (Å²) in [5.74, 6) is -1.23. The quantitative estimate of drug-likeness (QED) is 0.564. The van der Waals surface area contributed by atoms with E-state index in [2.05, 4.69) is 20.8 Å². The second-order valence-corrected chi connectivity index (χ2v) is 7.28. The van der Waals surface area contributed by atoms with Crippen molar-refractivity contribution >= 4 is 18.1 Å². The molecule has 2 aliphatic rings. The minimum absolute atomic E-state index is 0.00266. The fourth-order valence-electron chi connectivity index (χ4n) is 2.90. The minimum atomic E-state index is -1.06. The predicted octanol–water partition coefficient (Wildman–Crippen LogP) is 2.21. The molecule has 0 bridgehead atoms. The maximum Gasteiger partial charge on any atom is 0.509 e. The first-order chi connectivity index (χ1) is 10.6. The first-order valence-corrected chi connectivity index (χ1v) is 7.90. The summed E-state index contributed by atoms with van der Waals surface area (Å²) in [5, 5.41) is 0. The van der Waals surface area contributed by atoms with Crippen molar-refractivity contribution in [1.82, 2.24) is 0 Å². The Morgan fingerprint density at radius 1 is 1.22 bits per heavy atom. The molecule has 0 amide bonds. The Balaban J connectivity index is 1.98. The van der Waals surface area contributed by atoms with Crippen LogP contribution in [0.15, 0.2) is 0 Å². The van der Waals surface area contributed by atoms with E-state index in [0.717, 1.165) is 0 Å². The van der Waals surface area contributed by atoms with E-state index < -0.39 is 36.5 Å². The lowest BCUT2D eigenvalue weighted by Gasteiger charge is -2.27. The molecule has 0 aliphatic carbocycles. The second kappa shape index (κ2) is 6.37. The molecule has 0 spiro atoms. The molecule has 5 unspecified atom stereocenters. The van der Waals surface area contributed by atoms with E-state index in [-0.39, 0.29) is 17.3 Å². The number of esters is 2. The number of hydrogen-bond donors (Lipinski definition) is 0. The van der Waals surface area contributed by atoms with E-state index in [0.29, 0.717) is 12.8 Å². The minimum Gasteiger partial charge on any atom is -0.458 e. The smallest absolute Gasteiger partial charge is 0.458 e. The van der Waals surface area contributed by atoms with Crippen LogP contribution in [-0.4, -0.2) is 42.5 Å². The fourth-order valence-corrected chi connectivity index (χ4v) is 2.90. The number of cyclic esters (lactones) is 1. The Morgan fingerprint density at radius 2 is 1.87 bits per heavy atom. The van der Waals surface area contributed by atoms with Crippen molar-refractivity contribution in [3.05, 3.63) is 0 Å². The van der Waals surface area contributed by atoms with E-state index in [4.69, 9.17) is 18.9 Å². The molecule has 0 aromatic carbocycles. The Morgan fingerprint density at radius 3 is 2.43 bits per heavy atom. The summed E-state index contributed by atoms with van der Waals surface area (Å²) < 4.78 is 20.3. The van der Waals surface area contributed by atoms with Gasteiger partial charge in [-0.15, -0.1) is 0 Å². The van der Waals surface area contributed by atoms with Crippen LogP contribution in [0.1, 0.15) is 47.5 Å². The van der Waals surface area contributed by atoms with Crippen molar-refractivity contribution in [1.29, 1.82) is 0 Å². The molecule has 2 saturated heterocycles. The molecule has 0 N–H and O–H groups in total. The van der Waals surface area contributed by atoms with Gasteiger partial charge in [0, 0.05) is 0 Å². The van der Waals surface area contributed by atoms with Crippen LogP contribution in [0.3, 0.4) is 0 Å². The molecule has 7 nitrogen and oxygen atoms in total. The molecule has 2 rings (SSSR count). The Hall–Kier alpha value is -1.79. The van der Waals surface area contributed by atoms with Crippen LogP contribution in [0.4, 0.5) is 4.79 Å². The van der Waals surface area contributed by atoms with Gasteiger partial charge < -0.3 is 18.9 Å². The molecule has 2 aliphatic heterocycles. The Bertz CT molecular complexity index is 493. The lowest BCUT2D eigenvalue weighted by atomic mass is 9.83. The van der Waals surface area contributed by atoms with Crippen LogP contribution >= 0.6 is 0 Å². The molecule has 0 saturated carbocycles. The van der Waals surface area contributed by atoms with E-state index in [1.807, 2.05) is 6.92 Å². The van der Waals surface area contributed by atoms with Crippen LogP contribution in [0, 0.1) is 11.3 Å². The number of ether oxygens (including phenoxy) is 4. The maximum absolute atomic E-state index is 12.4. The molecule has 0 aromatic heterocycles. The van der Waals surface area contributed by atoms with Crippen LogP contribution in [-0.2, 0) is 28.5 Å². The van der Waals surface area contributed by atoms with Gasteiger partial charge in [0.2, 0.25) is 6.10 Å². The fraction of sp³-hybridized carbons (Fsp3) is 0.812. The summed E-state index contributed by atoms with van der Waals surface area (Å²) in [6.07, 6.45) is -3.02. The largest absolute Gasteiger partial charge is 0.509 e. The number of hydrogen-bond acceptors (Lipinski definition) is 7. The summed E-state index contributed by atoms with van der Waals surface area (Å²) in [7, 11) is 0. The molecule has 5 atom stereocenters. The molecule has 7 heteroatoms. The summed E-state index contributed by atoms with van der Waals surface area (Å²) in [5.41, 5.74) is 0.00266. The normalized spacial score (nSPS) is 29.2. The zero-order valence-corrected chi connectivity index (χ0v) is 14.2.